The lowest BCUT2D eigenvalue weighted by molar-refractivity contribution is -0.131. The number of carbonyl (C=O) groups is 1. The molecule has 0 atom stereocenters. The number of ether oxygens (including phenoxy) is 1. The highest BCUT2D eigenvalue weighted by Crippen LogP contribution is 2.28. The van der Waals surface area contributed by atoms with E-state index in [9.17, 15) is 4.79 Å². The lowest BCUT2D eigenvalue weighted by Crippen LogP contribution is -2.48. The molecule has 0 saturated carbocycles. The molecule has 1 aliphatic rings. The van der Waals surface area contributed by atoms with Crippen LogP contribution in [0, 0.1) is 13.8 Å². The second-order valence-electron chi connectivity index (χ2n) is 8.05. The molecule has 1 saturated heterocycles. The first-order valence-electron chi connectivity index (χ1n) is 10.8. The second kappa shape index (κ2) is 9.25. The molecule has 1 aromatic heterocycles. The van der Waals surface area contributed by atoms with Gasteiger partial charge in [-0.25, -0.2) is 4.68 Å². The van der Waals surface area contributed by atoms with E-state index in [-0.39, 0.29) is 5.91 Å². The van der Waals surface area contributed by atoms with Crippen LogP contribution in [-0.4, -0.2) is 53.9 Å². The Kier molecular flexibility index (Phi) is 6.26. The zero-order valence-electron chi connectivity index (χ0n) is 18.5. The number of hydrogen-bond donors (Lipinski definition) is 0. The molecule has 0 unspecified atom stereocenters. The summed E-state index contributed by atoms with van der Waals surface area (Å²) in [5.74, 6) is 1.11. The Labute approximate surface area is 184 Å². The number of benzene rings is 2. The van der Waals surface area contributed by atoms with Crippen molar-refractivity contribution in [1.29, 1.82) is 0 Å². The third-order valence-electron chi connectivity index (χ3n) is 5.88. The second-order valence-corrected chi connectivity index (χ2v) is 8.05. The molecule has 3 aromatic rings. The van der Waals surface area contributed by atoms with E-state index < -0.39 is 0 Å². The van der Waals surface area contributed by atoms with Gasteiger partial charge in [0.15, 0.2) is 0 Å². The van der Waals surface area contributed by atoms with E-state index in [2.05, 4.69) is 53.3 Å². The van der Waals surface area contributed by atoms with Crippen molar-refractivity contribution in [2.45, 2.75) is 26.7 Å². The van der Waals surface area contributed by atoms with E-state index in [1.54, 1.807) is 7.11 Å². The summed E-state index contributed by atoms with van der Waals surface area (Å²) >= 11 is 0. The van der Waals surface area contributed by atoms with E-state index >= 15 is 0 Å². The molecule has 0 N–H and O–H groups in total. The van der Waals surface area contributed by atoms with E-state index in [0.717, 1.165) is 61.1 Å². The fourth-order valence-corrected chi connectivity index (χ4v) is 4.19. The molecule has 162 valence electrons. The number of hydrogen-bond acceptors (Lipinski definition) is 4. The predicted molar refractivity (Wildman–Crippen MR) is 123 cm³/mol. The van der Waals surface area contributed by atoms with Crippen molar-refractivity contribution in [3.8, 4) is 11.4 Å². The topological polar surface area (TPSA) is 50.6 Å². The van der Waals surface area contributed by atoms with Crippen molar-refractivity contribution in [3.05, 3.63) is 71.5 Å². The third kappa shape index (κ3) is 4.74. The molecule has 2 heterocycles. The molecule has 0 spiro atoms. The van der Waals surface area contributed by atoms with Gasteiger partial charge in [-0.05, 0) is 56.2 Å². The van der Waals surface area contributed by atoms with Crippen molar-refractivity contribution < 1.29 is 9.53 Å². The van der Waals surface area contributed by atoms with Crippen molar-refractivity contribution in [2.24, 2.45) is 0 Å². The molecular weight excluding hydrogens is 388 g/mol. The van der Waals surface area contributed by atoms with Crippen molar-refractivity contribution in [2.75, 3.05) is 38.2 Å². The van der Waals surface area contributed by atoms with Gasteiger partial charge >= 0.3 is 0 Å². The van der Waals surface area contributed by atoms with Gasteiger partial charge in [0, 0.05) is 38.3 Å². The Morgan fingerprint density at radius 3 is 2.35 bits per heavy atom. The van der Waals surface area contributed by atoms with Crippen LogP contribution in [0.1, 0.15) is 23.4 Å². The maximum Gasteiger partial charge on any atom is 0.223 e. The molecule has 31 heavy (non-hydrogen) atoms. The van der Waals surface area contributed by atoms with Gasteiger partial charge in [0.05, 0.1) is 24.2 Å². The van der Waals surface area contributed by atoms with E-state index in [0.29, 0.717) is 6.42 Å². The van der Waals surface area contributed by atoms with Gasteiger partial charge in [0.25, 0.3) is 0 Å². The summed E-state index contributed by atoms with van der Waals surface area (Å²) in [6.45, 7) is 7.19. The number of amides is 1. The highest BCUT2D eigenvalue weighted by molar-refractivity contribution is 5.77. The lowest BCUT2D eigenvalue weighted by Gasteiger charge is -2.36. The normalized spacial score (nSPS) is 14.0. The van der Waals surface area contributed by atoms with Gasteiger partial charge in [0.2, 0.25) is 5.91 Å². The van der Waals surface area contributed by atoms with Gasteiger partial charge in [-0.15, -0.1) is 0 Å². The van der Waals surface area contributed by atoms with Crippen molar-refractivity contribution in [3.63, 3.8) is 0 Å². The Balaban J connectivity index is 1.29. The minimum atomic E-state index is 0.224. The van der Waals surface area contributed by atoms with Crippen molar-refractivity contribution >= 4 is 11.6 Å². The number of nitrogens with zero attached hydrogens (tertiary/aromatic N) is 4. The number of rotatable bonds is 6. The summed E-state index contributed by atoms with van der Waals surface area (Å²) in [5, 5.41) is 4.53. The Morgan fingerprint density at radius 1 is 1.00 bits per heavy atom. The first kappa shape index (κ1) is 21.0. The number of carbonyl (C=O) groups excluding carboxylic acids is 1. The largest absolute Gasteiger partial charge is 0.495 e. The minimum absolute atomic E-state index is 0.224. The van der Waals surface area contributed by atoms with Crippen LogP contribution in [0.25, 0.3) is 5.69 Å². The zero-order chi connectivity index (χ0) is 21.8. The number of aromatic nitrogens is 2. The van der Waals surface area contributed by atoms with Gasteiger partial charge < -0.3 is 14.5 Å². The molecule has 0 bridgehead atoms. The number of para-hydroxylation sites is 2. The standard InChI is InChI=1S/C25H30N4O2/c1-19-18-20(2)29(26-19)22-11-8-21(9-12-22)10-13-25(30)28-16-14-27(15-17-28)23-6-4-5-7-24(23)31-3/h4-9,11-12,18H,10,13-17H2,1-3H3. The Bertz CT molecular complexity index is 1030. The summed E-state index contributed by atoms with van der Waals surface area (Å²) in [4.78, 5) is 17.0. The van der Waals surface area contributed by atoms with E-state index in [1.165, 1.54) is 5.56 Å². The molecule has 2 aromatic carbocycles. The third-order valence-corrected chi connectivity index (χ3v) is 5.88. The number of aryl methyl sites for hydroxylation is 3. The highest BCUT2D eigenvalue weighted by atomic mass is 16.5. The monoisotopic (exact) mass is 418 g/mol. The lowest BCUT2D eigenvalue weighted by atomic mass is 10.1. The van der Waals surface area contributed by atoms with Gasteiger partial charge in [-0.3, -0.25) is 4.79 Å². The zero-order valence-corrected chi connectivity index (χ0v) is 18.5. The molecule has 6 nitrogen and oxygen atoms in total. The maximum atomic E-state index is 12.7. The smallest absolute Gasteiger partial charge is 0.223 e. The first-order chi connectivity index (χ1) is 15.0. The average molecular weight is 419 g/mol. The van der Waals surface area contributed by atoms with Crippen LogP contribution in [0.5, 0.6) is 5.75 Å². The predicted octanol–water partition coefficient (Wildman–Crippen LogP) is 3.78. The summed E-state index contributed by atoms with van der Waals surface area (Å²) in [5.41, 5.74) is 5.45. The van der Waals surface area contributed by atoms with Crippen LogP contribution in [0.3, 0.4) is 0 Å². The van der Waals surface area contributed by atoms with E-state index in [1.807, 2.05) is 34.7 Å². The van der Waals surface area contributed by atoms with Gasteiger partial charge in [-0.2, -0.15) is 5.10 Å². The number of methoxy groups -OCH3 is 1. The van der Waals surface area contributed by atoms with E-state index in [4.69, 9.17) is 4.74 Å². The molecule has 1 amide bonds. The van der Waals surface area contributed by atoms with Crippen LogP contribution in [0.4, 0.5) is 5.69 Å². The highest BCUT2D eigenvalue weighted by Gasteiger charge is 2.22. The minimum Gasteiger partial charge on any atom is -0.495 e. The van der Waals surface area contributed by atoms with Crippen molar-refractivity contribution in [1.82, 2.24) is 14.7 Å². The number of piperazine rings is 1. The molecule has 1 fully saturated rings. The maximum absolute atomic E-state index is 12.7. The molecule has 0 aliphatic carbocycles. The fourth-order valence-electron chi connectivity index (χ4n) is 4.19. The summed E-state index contributed by atoms with van der Waals surface area (Å²) in [6, 6.07) is 18.5. The van der Waals surface area contributed by atoms with Crippen LogP contribution in [0.15, 0.2) is 54.6 Å². The van der Waals surface area contributed by atoms with Crippen LogP contribution < -0.4 is 9.64 Å². The van der Waals surface area contributed by atoms with Crippen LogP contribution >= 0.6 is 0 Å². The summed E-state index contributed by atoms with van der Waals surface area (Å²) in [6.07, 6.45) is 1.29. The molecule has 4 rings (SSSR count). The molecule has 6 heteroatoms. The van der Waals surface area contributed by atoms with Gasteiger partial charge in [0.1, 0.15) is 5.75 Å². The molecule has 0 radical (unpaired) electrons. The van der Waals surface area contributed by atoms with Gasteiger partial charge in [-0.1, -0.05) is 24.3 Å². The van der Waals surface area contributed by atoms with Crippen LogP contribution in [0.2, 0.25) is 0 Å². The first-order valence-corrected chi connectivity index (χ1v) is 10.8. The SMILES string of the molecule is COc1ccccc1N1CCN(C(=O)CCc2ccc(-n3nc(C)cc3C)cc2)CC1. The molecule has 1 aliphatic heterocycles. The summed E-state index contributed by atoms with van der Waals surface area (Å²) in [7, 11) is 1.70. The quantitative estimate of drug-likeness (QED) is 0.611. The summed E-state index contributed by atoms with van der Waals surface area (Å²) < 4.78 is 7.43. The number of anilines is 1. The fraction of sp³-hybridized carbons (Fsp3) is 0.360. The average Bonchev–Trinajstić information content (AvgIpc) is 3.15. The Hall–Kier alpha value is -3.28. The molecular formula is C25H30N4O2. The Morgan fingerprint density at radius 2 is 1.71 bits per heavy atom. The van der Waals surface area contributed by atoms with Crippen LogP contribution in [-0.2, 0) is 11.2 Å².